The zero-order valence-electron chi connectivity index (χ0n) is 18.1. The minimum absolute atomic E-state index is 0.0494. The summed E-state index contributed by atoms with van der Waals surface area (Å²) in [7, 11) is 2.14. The Morgan fingerprint density at radius 1 is 0.967 bits per heavy atom. The van der Waals surface area contributed by atoms with Crippen molar-refractivity contribution in [3.63, 3.8) is 0 Å². The van der Waals surface area contributed by atoms with Crippen molar-refractivity contribution in [3.05, 3.63) is 78.0 Å². The van der Waals surface area contributed by atoms with Gasteiger partial charge < -0.3 is 4.90 Å². The lowest BCUT2D eigenvalue weighted by atomic mass is 9.75. The standard InChI is InChI=1S/C26H28N4/c1-5-26(6-2)16-15-23-29(4)22-17-27-24(19-12-8-7-11-18(19)3)28-25(22)30(23)21-14-10-9-13-20(21)26/h7-17,23H,5-6H2,1-4H3. The summed E-state index contributed by atoms with van der Waals surface area (Å²) >= 11 is 0. The Labute approximate surface area is 178 Å². The van der Waals surface area contributed by atoms with E-state index in [4.69, 9.17) is 9.97 Å². The van der Waals surface area contributed by atoms with Crippen LogP contribution < -0.4 is 9.80 Å². The van der Waals surface area contributed by atoms with Crippen LogP contribution in [-0.2, 0) is 5.41 Å². The van der Waals surface area contributed by atoms with Crippen molar-refractivity contribution in [2.45, 2.75) is 45.2 Å². The van der Waals surface area contributed by atoms with Crippen molar-refractivity contribution in [1.82, 2.24) is 9.97 Å². The summed E-state index contributed by atoms with van der Waals surface area (Å²) in [5, 5.41) is 0. The summed E-state index contributed by atoms with van der Waals surface area (Å²) in [6.07, 6.45) is 9.00. The normalized spacial score (nSPS) is 18.6. The average Bonchev–Trinajstić information content (AvgIpc) is 2.97. The Hall–Kier alpha value is -3.14. The Morgan fingerprint density at radius 2 is 1.70 bits per heavy atom. The molecule has 0 amide bonds. The molecule has 2 aliphatic heterocycles. The highest BCUT2D eigenvalue weighted by Gasteiger charge is 2.41. The third kappa shape index (κ3) is 2.59. The SMILES string of the molecule is CCC1(CC)C=CC2N(C)c3cnc(-c4ccccc4C)nc3N2c2ccccc21. The van der Waals surface area contributed by atoms with Crippen molar-refractivity contribution in [1.29, 1.82) is 0 Å². The predicted molar refractivity (Wildman–Crippen MR) is 124 cm³/mol. The summed E-state index contributed by atoms with van der Waals surface area (Å²) in [6, 6.07) is 17.1. The van der Waals surface area contributed by atoms with Gasteiger partial charge in [-0.15, -0.1) is 0 Å². The number of rotatable bonds is 3. The molecule has 0 saturated carbocycles. The largest absolute Gasteiger partial charge is 0.346 e. The van der Waals surface area contributed by atoms with Gasteiger partial charge in [-0.2, -0.15) is 0 Å². The maximum atomic E-state index is 5.10. The van der Waals surface area contributed by atoms with Gasteiger partial charge in [-0.1, -0.05) is 62.4 Å². The maximum absolute atomic E-state index is 5.10. The Morgan fingerprint density at radius 3 is 2.47 bits per heavy atom. The molecule has 0 radical (unpaired) electrons. The van der Waals surface area contributed by atoms with Crippen LogP contribution in [0, 0.1) is 6.92 Å². The first-order valence-corrected chi connectivity index (χ1v) is 10.8. The number of likely N-dealkylation sites (N-methyl/N-ethyl adjacent to an activating group) is 1. The predicted octanol–water partition coefficient (Wildman–Crippen LogP) is 5.99. The fourth-order valence-electron chi connectivity index (χ4n) is 4.99. The van der Waals surface area contributed by atoms with Crippen molar-refractivity contribution >= 4 is 17.2 Å². The first-order chi connectivity index (χ1) is 14.6. The molecular weight excluding hydrogens is 368 g/mol. The molecule has 2 aromatic carbocycles. The molecule has 0 spiro atoms. The maximum Gasteiger partial charge on any atom is 0.162 e. The van der Waals surface area contributed by atoms with Crippen LogP contribution >= 0.6 is 0 Å². The Kier molecular flexibility index (Phi) is 4.39. The minimum Gasteiger partial charge on any atom is -0.346 e. The number of aromatic nitrogens is 2. The van der Waals surface area contributed by atoms with Gasteiger partial charge in [0.1, 0.15) is 11.9 Å². The molecule has 3 aromatic rings. The first kappa shape index (κ1) is 18.9. The van der Waals surface area contributed by atoms with E-state index in [0.717, 1.165) is 35.7 Å². The van der Waals surface area contributed by atoms with E-state index in [2.05, 4.69) is 98.3 Å². The summed E-state index contributed by atoms with van der Waals surface area (Å²) < 4.78 is 0. The second kappa shape index (κ2) is 6.98. The zero-order valence-corrected chi connectivity index (χ0v) is 18.1. The number of aryl methyl sites for hydroxylation is 1. The van der Waals surface area contributed by atoms with E-state index in [0.29, 0.717) is 0 Å². The van der Waals surface area contributed by atoms with Crippen LogP contribution in [0.15, 0.2) is 66.9 Å². The van der Waals surface area contributed by atoms with Crippen molar-refractivity contribution in [3.8, 4) is 11.4 Å². The number of benzene rings is 2. The minimum atomic E-state index is 0.0494. The molecule has 1 aromatic heterocycles. The third-order valence-corrected chi connectivity index (χ3v) is 6.95. The van der Waals surface area contributed by atoms with Gasteiger partial charge in [0.2, 0.25) is 0 Å². The molecule has 0 bridgehead atoms. The van der Waals surface area contributed by atoms with Gasteiger partial charge in [-0.05, 0) is 43.0 Å². The smallest absolute Gasteiger partial charge is 0.162 e. The number of para-hydroxylation sites is 1. The van der Waals surface area contributed by atoms with Crippen LogP contribution in [0.1, 0.15) is 37.8 Å². The van der Waals surface area contributed by atoms with Gasteiger partial charge in [0.25, 0.3) is 0 Å². The fourth-order valence-corrected chi connectivity index (χ4v) is 4.99. The second-order valence-corrected chi connectivity index (χ2v) is 8.35. The number of allylic oxidation sites excluding steroid dienone is 1. The molecule has 0 fully saturated rings. The fraction of sp³-hybridized carbons (Fsp3) is 0.308. The van der Waals surface area contributed by atoms with E-state index in [-0.39, 0.29) is 11.6 Å². The zero-order chi connectivity index (χ0) is 20.9. The van der Waals surface area contributed by atoms with Crippen molar-refractivity contribution in [2.75, 3.05) is 16.8 Å². The quantitative estimate of drug-likeness (QED) is 0.509. The number of fused-ring (bicyclic) bond motifs is 5. The number of anilines is 3. The second-order valence-electron chi connectivity index (χ2n) is 8.35. The van der Waals surface area contributed by atoms with E-state index in [1.807, 2.05) is 6.20 Å². The molecule has 0 N–H and O–H groups in total. The van der Waals surface area contributed by atoms with Crippen LogP contribution in [-0.4, -0.2) is 23.2 Å². The molecule has 5 rings (SSSR count). The lowest BCUT2D eigenvalue weighted by Crippen LogP contribution is -2.36. The molecule has 3 heterocycles. The Bertz CT molecular complexity index is 1130. The first-order valence-electron chi connectivity index (χ1n) is 10.8. The average molecular weight is 397 g/mol. The molecule has 2 aliphatic rings. The van der Waals surface area contributed by atoms with Crippen LogP contribution in [0.2, 0.25) is 0 Å². The molecule has 4 heteroatoms. The van der Waals surface area contributed by atoms with E-state index in [1.54, 1.807) is 0 Å². The van der Waals surface area contributed by atoms with Gasteiger partial charge >= 0.3 is 0 Å². The lowest BCUT2D eigenvalue weighted by Gasteiger charge is -2.32. The molecule has 0 saturated heterocycles. The van der Waals surface area contributed by atoms with E-state index in [9.17, 15) is 0 Å². The number of nitrogens with zero attached hydrogens (tertiary/aromatic N) is 4. The topological polar surface area (TPSA) is 32.3 Å². The van der Waals surface area contributed by atoms with Gasteiger partial charge in [0.05, 0.1) is 6.20 Å². The van der Waals surface area contributed by atoms with Gasteiger partial charge in [0, 0.05) is 23.7 Å². The van der Waals surface area contributed by atoms with E-state index >= 15 is 0 Å². The molecule has 4 nitrogen and oxygen atoms in total. The van der Waals surface area contributed by atoms with Gasteiger partial charge in [0.15, 0.2) is 11.6 Å². The highest BCUT2D eigenvalue weighted by Crippen LogP contribution is 2.49. The summed E-state index contributed by atoms with van der Waals surface area (Å²) in [5.41, 5.74) is 6.02. The molecule has 1 atom stereocenters. The van der Waals surface area contributed by atoms with Gasteiger partial charge in [-0.3, -0.25) is 4.90 Å². The van der Waals surface area contributed by atoms with Crippen molar-refractivity contribution in [2.24, 2.45) is 0 Å². The number of hydrogen-bond acceptors (Lipinski definition) is 4. The summed E-state index contributed by atoms with van der Waals surface area (Å²) in [6.45, 7) is 6.69. The van der Waals surface area contributed by atoms with Crippen LogP contribution in [0.3, 0.4) is 0 Å². The molecule has 1 unspecified atom stereocenters. The van der Waals surface area contributed by atoms with Gasteiger partial charge in [-0.25, -0.2) is 9.97 Å². The highest BCUT2D eigenvalue weighted by molar-refractivity contribution is 5.84. The molecule has 152 valence electrons. The van der Waals surface area contributed by atoms with Crippen LogP contribution in [0.4, 0.5) is 17.2 Å². The monoisotopic (exact) mass is 396 g/mol. The highest BCUT2D eigenvalue weighted by atomic mass is 15.4. The summed E-state index contributed by atoms with van der Waals surface area (Å²) in [4.78, 5) is 14.5. The molecule has 30 heavy (non-hydrogen) atoms. The lowest BCUT2D eigenvalue weighted by molar-refractivity contribution is 0.499. The molecule has 0 aliphatic carbocycles. The van der Waals surface area contributed by atoms with E-state index in [1.165, 1.54) is 16.8 Å². The molecular formula is C26H28N4. The Balaban J connectivity index is 1.73. The van der Waals surface area contributed by atoms with Crippen LogP contribution in [0.25, 0.3) is 11.4 Å². The van der Waals surface area contributed by atoms with Crippen molar-refractivity contribution < 1.29 is 0 Å². The summed E-state index contributed by atoms with van der Waals surface area (Å²) in [5.74, 6) is 1.76. The van der Waals surface area contributed by atoms with Crippen LogP contribution in [0.5, 0.6) is 0 Å². The van der Waals surface area contributed by atoms with E-state index < -0.39 is 0 Å². The number of hydrogen-bond donors (Lipinski definition) is 0. The third-order valence-electron chi connectivity index (χ3n) is 6.95.